The van der Waals surface area contributed by atoms with Crippen molar-refractivity contribution >= 4 is 34.2 Å². The molecule has 178 valence electrons. The van der Waals surface area contributed by atoms with Gasteiger partial charge >= 0.3 is 0 Å². The Kier molecular flexibility index (Phi) is 6.38. The summed E-state index contributed by atoms with van der Waals surface area (Å²) in [6.45, 7) is 4.28. The number of phenols is 1. The molecule has 2 amide bonds. The van der Waals surface area contributed by atoms with Crippen molar-refractivity contribution in [1.82, 2.24) is 4.57 Å². The Balaban J connectivity index is 1.70. The lowest BCUT2D eigenvalue weighted by Crippen LogP contribution is -2.21. The van der Waals surface area contributed by atoms with Gasteiger partial charge in [-0.1, -0.05) is 12.1 Å². The van der Waals surface area contributed by atoms with Crippen LogP contribution >= 0.6 is 0 Å². The van der Waals surface area contributed by atoms with Crippen LogP contribution in [0, 0.1) is 19.7 Å². The van der Waals surface area contributed by atoms with E-state index in [1.54, 1.807) is 18.2 Å². The summed E-state index contributed by atoms with van der Waals surface area (Å²) in [7, 11) is 0. The zero-order valence-electron chi connectivity index (χ0n) is 19.3. The molecule has 0 aliphatic heterocycles. The van der Waals surface area contributed by atoms with Gasteiger partial charge in [0.1, 0.15) is 18.0 Å². The Morgan fingerprint density at radius 2 is 1.71 bits per heavy atom. The van der Waals surface area contributed by atoms with E-state index in [2.05, 4.69) is 5.32 Å². The van der Waals surface area contributed by atoms with E-state index in [0.29, 0.717) is 12.2 Å². The molecule has 3 aromatic carbocycles. The molecule has 0 radical (unpaired) electrons. The van der Waals surface area contributed by atoms with E-state index in [4.69, 9.17) is 5.73 Å². The van der Waals surface area contributed by atoms with Gasteiger partial charge in [-0.05, 0) is 73.5 Å². The Morgan fingerprint density at radius 3 is 2.40 bits per heavy atom. The zero-order valence-corrected chi connectivity index (χ0v) is 19.3. The minimum absolute atomic E-state index is 0.124. The number of aromatic nitrogens is 1. The van der Waals surface area contributed by atoms with Crippen LogP contribution in [-0.2, 0) is 16.1 Å². The molecule has 0 bridgehead atoms. The number of ketones is 1. The highest BCUT2D eigenvalue weighted by molar-refractivity contribution is 6.11. The number of nitrogens with one attached hydrogen (secondary N) is 1. The van der Waals surface area contributed by atoms with Gasteiger partial charge in [0, 0.05) is 23.2 Å². The lowest BCUT2D eigenvalue weighted by Gasteiger charge is -2.13. The number of amides is 2. The number of hydrogen-bond donors (Lipinski definition) is 3. The van der Waals surface area contributed by atoms with Crippen molar-refractivity contribution in [3.63, 3.8) is 0 Å². The lowest BCUT2D eigenvalue weighted by atomic mass is 10.00. The Labute approximate surface area is 201 Å². The number of nitrogens with two attached hydrogens (primary N) is 1. The summed E-state index contributed by atoms with van der Waals surface area (Å²) < 4.78 is 15.3. The molecule has 0 saturated heterocycles. The Morgan fingerprint density at radius 1 is 1.00 bits per heavy atom. The zero-order chi connectivity index (χ0) is 25.3. The molecule has 0 saturated carbocycles. The molecule has 8 heteroatoms. The first kappa shape index (κ1) is 23.7. The van der Waals surface area contributed by atoms with Crippen molar-refractivity contribution in [3.8, 4) is 5.75 Å². The number of aryl methyl sites for hydroxylation is 2. The third-order valence-corrected chi connectivity index (χ3v) is 5.83. The maximum atomic E-state index is 13.3. The minimum atomic E-state index is -0.710. The summed E-state index contributed by atoms with van der Waals surface area (Å²) in [4.78, 5) is 36.1. The van der Waals surface area contributed by atoms with Crippen LogP contribution in [0.15, 0.2) is 60.7 Å². The highest BCUT2D eigenvalue weighted by atomic mass is 19.1. The van der Waals surface area contributed by atoms with Gasteiger partial charge in [0.05, 0.1) is 16.8 Å². The van der Waals surface area contributed by atoms with Crippen molar-refractivity contribution in [3.05, 3.63) is 94.4 Å². The average molecular weight is 474 g/mol. The van der Waals surface area contributed by atoms with Crippen LogP contribution in [0.4, 0.5) is 10.1 Å². The van der Waals surface area contributed by atoms with Gasteiger partial charge in [0.15, 0.2) is 5.78 Å². The quantitative estimate of drug-likeness (QED) is 0.276. The molecule has 0 unspecified atom stereocenters. The number of rotatable bonds is 7. The third-order valence-electron chi connectivity index (χ3n) is 5.83. The van der Waals surface area contributed by atoms with Crippen LogP contribution in [0.2, 0.25) is 0 Å². The van der Waals surface area contributed by atoms with Gasteiger partial charge in [-0.25, -0.2) is 4.39 Å². The molecule has 0 atom stereocenters. The topological polar surface area (TPSA) is 114 Å². The van der Waals surface area contributed by atoms with E-state index in [0.717, 1.165) is 27.7 Å². The second-order valence-corrected chi connectivity index (χ2v) is 8.44. The van der Waals surface area contributed by atoms with E-state index in [1.165, 1.54) is 30.3 Å². The molecule has 1 heterocycles. The van der Waals surface area contributed by atoms with Crippen LogP contribution < -0.4 is 11.1 Å². The molecule has 7 nitrogen and oxygen atoms in total. The maximum absolute atomic E-state index is 13.3. The molecular formula is C27H24FN3O4. The summed E-state index contributed by atoms with van der Waals surface area (Å²) in [5.41, 5.74) is 9.64. The number of carbonyl (C=O) groups is 3. The fourth-order valence-corrected chi connectivity index (χ4v) is 4.15. The predicted molar refractivity (Wildman–Crippen MR) is 131 cm³/mol. The molecule has 0 fully saturated rings. The van der Waals surface area contributed by atoms with Crippen molar-refractivity contribution < 1.29 is 23.9 Å². The molecule has 35 heavy (non-hydrogen) atoms. The first-order chi connectivity index (χ1) is 16.6. The van der Waals surface area contributed by atoms with Crippen LogP contribution in [0.25, 0.3) is 10.9 Å². The smallest absolute Gasteiger partial charge is 0.233 e. The lowest BCUT2D eigenvalue weighted by molar-refractivity contribution is -0.124. The summed E-state index contributed by atoms with van der Waals surface area (Å²) in [5, 5.41) is 13.9. The fraction of sp³-hybridized carbons (Fsp3) is 0.148. The van der Waals surface area contributed by atoms with Crippen LogP contribution in [0.1, 0.15) is 39.2 Å². The van der Waals surface area contributed by atoms with E-state index >= 15 is 0 Å². The second kappa shape index (κ2) is 9.42. The Hall–Kier alpha value is -4.46. The van der Waals surface area contributed by atoms with Crippen molar-refractivity contribution in [2.45, 2.75) is 26.8 Å². The largest absolute Gasteiger partial charge is 0.507 e. The van der Waals surface area contributed by atoms with Gasteiger partial charge in [-0.3, -0.25) is 14.4 Å². The number of fused-ring (bicyclic) bond motifs is 1. The van der Waals surface area contributed by atoms with E-state index in [1.807, 2.05) is 30.5 Å². The predicted octanol–water partition coefficient (Wildman–Crippen LogP) is 4.20. The number of benzene rings is 3. The van der Waals surface area contributed by atoms with Gasteiger partial charge in [-0.2, -0.15) is 0 Å². The second-order valence-electron chi connectivity index (χ2n) is 8.44. The first-order valence-electron chi connectivity index (χ1n) is 10.9. The van der Waals surface area contributed by atoms with E-state index in [9.17, 15) is 23.9 Å². The van der Waals surface area contributed by atoms with E-state index in [-0.39, 0.29) is 16.9 Å². The number of aromatic hydroxyl groups is 1. The molecule has 0 aliphatic rings. The fourth-order valence-electron chi connectivity index (χ4n) is 4.15. The summed E-state index contributed by atoms with van der Waals surface area (Å²) in [6, 6.07) is 15.6. The van der Waals surface area contributed by atoms with E-state index < -0.39 is 29.8 Å². The summed E-state index contributed by atoms with van der Waals surface area (Å²) in [5.74, 6) is -2.22. The van der Waals surface area contributed by atoms with Crippen molar-refractivity contribution in [2.75, 3.05) is 5.32 Å². The van der Waals surface area contributed by atoms with Crippen LogP contribution in [0.3, 0.4) is 0 Å². The monoisotopic (exact) mass is 473 g/mol. The number of halogens is 1. The van der Waals surface area contributed by atoms with Gasteiger partial charge < -0.3 is 20.7 Å². The van der Waals surface area contributed by atoms with Gasteiger partial charge in [-0.15, -0.1) is 0 Å². The van der Waals surface area contributed by atoms with Crippen LogP contribution in [-0.4, -0.2) is 27.3 Å². The highest BCUT2D eigenvalue weighted by Gasteiger charge is 2.17. The third kappa shape index (κ3) is 4.91. The first-order valence-corrected chi connectivity index (χ1v) is 10.9. The molecular weight excluding hydrogens is 449 g/mol. The summed E-state index contributed by atoms with van der Waals surface area (Å²) in [6.07, 6.45) is -0.409. The number of carbonyl (C=O) groups excluding carboxylic acids is 3. The average Bonchev–Trinajstić information content (AvgIpc) is 3.13. The molecule has 0 spiro atoms. The van der Waals surface area contributed by atoms with Crippen molar-refractivity contribution in [2.24, 2.45) is 5.73 Å². The molecule has 0 aliphatic carbocycles. The SMILES string of the molecule is Cc1ccc(NC(=O)CC(N)=O)c2cc(C)n(Cc3ccc(O)c(C(=O)c4ccc(F)cc4)c3)c12. The van der Waals surface area contributed by atoms with Crippen LogP contribution in [0.5, 0.6) is 5.75 Å². The highest BCUT2D eigenvalue weighted by Crippen LogP contribution is 2.31. The standard InChI is InChI=1S/C27H24FN3O4/c1-15-3-9-22(30-25(34)13-24(29)33)20-11-16(2)31(26(15)20)14-17-4-10-23(32)21(12-17)27(35)18-5-7-19(28)8-6-18/h3-12,32H,13-14H2,1-2H3,(H2,29,33)(H,30,34). The van der Waals surface area contributed by atoms with Crippen molar-refractivity contribution in [1.29, 1.82) is 0 Å². The Bertz CT molecular complexity index is 1470. The number of hydrogen-bond acceptors (Lipinski definition) is 4. The normalized spacial score (nSPS) is 10.9. The number of primary amides is 1. The van der Waals surface area contributed by atoms with Gasteiger partial charge in [0.25, 0.3) is 0 Å². The number of anilines is 1. The summed E-state index contributed by atoms with van der Waals surface area (Å²) >= 11 is 0. The molecule has 4 aromatic rings. The minimum Gasteiger partial charge on any atom is -0.507 e. The van der Waals surface area contributed by atoms with Gasteiger partial charge in [0.2, 0.25) is 11.8 Å². The number of nitrogens with zero attached hydrogens (tertiary/aromatic N) is 1. The molecule has 1 aromatic heterocycles. The molecule has 4 N–H and O–H groups in total. The number of phenolic OH excluding ortho intramolecular Hbond substituents is 1. The molecule has 4 rings (SSSR count). The maximum Gasteiger partial charge on any atom is 0.233 e.